The Morgan fingerprint density at radius 2 is 2.03 bits per heavy atom. The maximum atomic E-state index is 12.7. The van der Waals surface area contributed by atoms with Gasteiger partial charge < -0.3 is 14.6 Å². The average molecular weight is 470 g/mol. The zero-order chi connectivity index (χ0) is 22.4. The van der Waals surface area contributed by atoms with Crippen LogP contribution in [0.2, 0.25) is 0 Å². The van der Waals surface area contributed by atoms with Gasteiger partial charge in [-0.2, -0.15) is 13.2 Å². The summed E-state index contributed by atoms with van der Waals surface area (Å²) in [5, 5.41) is 13.0. The highest BCUT2D eigenvalue weighted by atomic mass is 32.2. The molecule has 1 N–H and O–H groups in total. The van der Waals surface area contributed by atoms with E-state index >= 15 is 0 Å². The predicted molar refractivity (Wildman–Crippen MR) is 111 cm³/mol. The van der Waals surface area contributed by atoms with Crippen LogP contribution in [0, 0.1) is 0 Å². The molecule has 2 aromatic heterocycles. The third-order valence-corrected chi connectivity index (χ3v) is 5.74. The lowest BCUT2D eigenvalue weighted by molar-refractivity contribution is -0.144. The fourth-order valence-electron chi connectivity index (χ4n) is 2.55. The molecular weight excluding hydrogens is 453 g/mol. The van der Waals surface area contributed by atoms with E-state index in [1.54, 1.807) is 0 Å². The molecule has 0 saturated heterocycles. The van der Waals surface area contributed by atoms with Gasteiger partial charge >= 0.3 is 12.1 Å². The van der Waals surface area contributed by atoms with E-state index in [1.807, 2.05) is 29.0 Å². The number of alkyl halides is 3. The van der Waals surface area contributed by atoms with Gasteiger partial charge in [-0.15, -0.1) is 21.5 Å². The van der Waals surface area contributed by atoms with Crippen molar-refractivity contribution in [3.8, 4) is 10.7 Å². The van der Waals surface area contributed by atoms with Crippen LogP contribution >= 0.6 is 23.1 Å². The number of amides is 1. The number of nitrogens with one attached hydrogen (secondary N) is 1. The van der Waals surface area contributed by atoms with Gasteiger partial charge in [0.25, 0.3) is 5.91 Å². The molecule has 2 heterocycles. The van der Waals surface area contributed by atoms with Crippen LogP contribution in [-0.4, -0.2) is 39.0 Å². The summed E-state index contributed by atoms with van der Waals surface area (Å²) in [5.41, 5.74) is -0.928. The third-order valence-electron chi connectivity index (χ3n) is 3.93. The summed E-state index contributed by atoms with van der Waals surface area (Å²) >= 11 is 2.65. The number of thiophene rings is 1. The molecule has 0 fully saturated rings. The van der Waals surface area contributed by atoms with Crippen LogP contribution in [-0.2, 0) is 27.0 Å². The molecule has 1 amide bonds. The highest BCUT2D eigenvalue weighted by molar-refractivity contribution is 7.99. The van der Waals surface area contributed by atoms with Gasteiger partial charge in [0.05, 0.1) is 16.2 Å². The molecule has 0 radical (unpaired) electrons. The van der Waals surface area contributed by atoms with Gasteiger partial charge in [0.15, 0.2) is 17.6 Å². The minimum absolute atomic E-state index is 0.0394. The average Bonchev–Trinajstić information content (AvgIpc) is 3.39. The number of rotatable bonds is 8. The zero-order valence-electron chi connectivity index (χ0n) is 16.2. The van der Waals surface area contributed by atoms with Gasteiger partial charge in [0, 0.05) is 12.2 Å². The monoisotopic (exact) mass is 470 g/mol. The number of anilines is 1. The normalized spacial score (nSPS) is 11.4. The lowest BCUT2D eigenvalue weighted by Gasteiger charge is -2.10. The summed E-state index contributed by atoms with van der Waals surface area (Å²) in [6.45, 7) is 1.93. The first kappa shape index (κ1) is 22.8. The van der Waals surface area contributed by atoms with Crippen LogP contribution in [0.15, 0.2) is 46.9 Å². The molecule has 0 saturated carbocycles. The van der Waals surface area contributed by atoms with Crippen molar-refractivity contribution in [3.63, 3.8) is 0 Å². The molecule has 0 atom stereocenters. The maximum absolute atomic E-state index is 12.7. The van der Waals surface area contributed by atoms with E-state index in [0.717, 1.165) is 28.8 Å². The third kappa shape index (κ3) is 6.07. The maximum Gasteiger partial charge on any atom is 0.416 e. The van der Waals surface area contributed by atoms with E-state index in [-0.39, 0.29) is 11.4 Å². The first-order valence-corrected chi connectivity index (χ1v) is 10.9. The molecule has 0 aliphatic carbocycles. The van der Waals surface area contributed by atoms with Gasteiger partial charge in [0.2, 0.25) is 0 Å². The number of carbonyl (C=O) groups is 2. The van der Waals surface area contributed by atoms with Crippen molar-refractivity contribution < 1.29 is 27.5 Å². The second-order valence-corrected chi connectivity index (χ2v) is 7.99. The van der Waals surface area contributed by atoms with Crippen molar-refractivity contribution in [1.82, 2.24) is 14.8 Å². The van der Waals surface area contributed by atoms with E-state index in [1.165, 1.54) is 23.5 Å². The van der Waals surface area contributed by atoms with Gasteiger partial charge in [-0.25, -0.2) is 0 Å². The van der Waals surface area contributed by atoms with Crippen LogP contribution in [0.5, 0.6) is 0 Å². The molecule has 7 nitrogen and oxygen atoms in total. The molecule has 0 aliphatic heterocycles. The molecule has 0 aliphatic rings. The van der Waals surface area contributed by atoms with Gasteiger partial charge in [-0.05, 0) is 36.6 Å². The molecule has 164 valence electrons. The number of esters is 1. The Balaban J connectivity index is 1.49. The Morgan fingerprint density at radius 1 is 1.23 bits per heavy atom. The zero-order valence-corrected chi connectivity index (χ0v) is 17.8. The summed E-state index contributed by atoms with van der Waals surface area (Å²) in [5.74, 6) is -0.796. The number of thioether (sulfide) groups is 1. The first-order valence-electron chi connectivity index (χ1n) is 9.00. The minimum Gasteiger partial charge on any atom is -0.455 e. The number of aromatic nitrogens is 3. The Hall–Kier alpha value is -2.86. The fraction of sp³-hybridized carbons (Fsp3) is 0.263. The molecule has 3 aromatic rings. The van der Waals surface area contributed by atoms with Crippen LogP contribution < -0.4 is 5.32 Å². The van der Waals surface area contributed by atoms with Gasteiger partial charge in [0.1, 0.15) is 0 Å². The fourth-order valence-corrected chi connectivity index (χ4v) is 4.07. The number of carbonyl (C=O) groups excluding carboxylic acids is 2. The summed E-state index contributed by atoms with van der Waals surface area (Å²) in [6.07, 6.45) is -4.52. The molecule has 0 unspecified atom stereocenters. The Bertz CT molecular complexity index is 1050. The Kier molecular flexibility index (Phi) is 7.33. The smallest absolute Gasteiger partial charge is 0.416 e. The lowest BCUT2D eigenvalue weighted by Crippen LogP contribution is -2.22. The lowest BCUT2D eigenvalue weighted by atomic mass is 10.2. The first-order chi connectivity index (χ1) is 14.8. The van der Waals surface area contributed by atoms with Crippen LogP contribution in [0.1, 0.15) is 12.5 Å². The van der Waals surface area contributed by atoms with Crippen molar-refractivity contribution >= 4 is 40.7 Å². The largest absolute Gasteiger partial charge is 0.455 e. The van der Waals surface area contributed by atoms with Crippen LogP contribution in [0.25, 0.3) is 10.7 Å². The number of nitrogens with zero attached hydrogens (tertiary/aromatic N) is 3. The molecule has 12 heteroatoms. The minimum atomic E-state index is -4.52. The highest BCUT2D eigenvalue weighted by Crippen LogP contribution is 2.30. The summed E-state index contributed by atoms with van der Waals surface area (Å²) in [4.78, 5) is 24.8. The summed E-state index contributed by atoms with van der Waals surface area (Å²) in [7, 11) is 0. The highest BCUT2D eigenvalue weighted by Gasteiger charge is 2.30. The van der Waals surface area contributed by atoms with E-state index in [9.17, 15) is 22.8 Å². The quantitative estimate of drug-likeness (QED) is 0.390. The molecule has 3 rings (SSSR count). The van der Waals surface area contributed by atoms with Crippen molar-refractivity contribution in [2.24, 2.45) is 0 Å². The van der Waals surface area contributed by atoms with Crippen LogP contribution in [0.3, 0.4) is 0 Å². The molecule has 0 bridgehead atoms. The molecule has 1 aromatic carbocycles. The number of hydrogen-bond donors (Lipinski definition) is 1. The van der Waals surface area contributed by atoms with Crippen molar-refractivity contribution in [2.75, 3.05) is 17.7 Å². The predicted octanol–water partition coefficient (Wildman–Crippen LogP) is 4.32. The number of halogens is 3. The van der Waals surface area contributed by atoms with E-state index in [0.29, 0.717) is 17.5 Å². The molecular formula is C19H17F3N4O3S2. The number of ether oxygens (including phenoxy) is 1. The topological polar surface area (TPSA) is 86.1 Å². The van der Waals surface area contributed by atoms with Crippen molar-refractivity contribution in [2.45, 2.75) is 24.8 Å². The second kappa shape index (κ2) is 9.96. The Labute approximate surface area is 183 Å². The van der Waals surface area contributed by atoms with E-state index < -0.39 is 30.2 Å². The van der Waals surface area contributed by atoms with E-state index in [4.69, 9.17) is 4.74 Å². The standard InChI is InChI=1S/C19H17F3N4O3S2/c1-2-26-17(14-7-4-8-30-14)24-25-18(26)31-11-16(28)29-10-15(27)23-13-6-3-5-12(9-13)19(20,21)22/h3-9H,2,10-11H2,1H3,(H,23,27). The summed E-state index contributed by atoms with van der Waals surface area (Å²) < 4.78 is 44.9. The number of hydrogen-bond acceptors (Lipinski definition) is 7. The van der Waals surface area contributed by atoms with E-state index in [2.05, 4.69) is 15.5 Å². The SMILES string of the molecule is CCn1c(SCC(=O)OCC(=O)Nc2cccc(C(F)(F)F)c2)nnc1-c1cccs1. The molecule has 31 heavy (non-hydrogen) atoms. The number of benzene rings is 1. The second-order valence-electron chi connectivity index (χ2n) is 6.10. The summed E-state index contributed by atoms with van der Waals surface area (Å²) in [6, 6.07) is 8.02. The van der Waals surface area contributed by atoms with Gasteiger partial charge in [-0.3, -0.25) is 9.59 Å². The van der Waals surface area contributed by atoms with Crippen molar-refractivity contribution in [3.05, 3.63) is 47.3 Å². The Morgan fingerprint density at radius 3 is 2.71 bits per heavy atom. The molecule has 0 spiro atoms. The van der Waals surface area contributed by atoms with Crippen molar-refractivity contribution in [1.29, 1.82) is 0 Å². The van der Waals surface area contributed by atoms with Crippen LogP contribution in [0.4, 0.5) is 18.9 Å². The van der Waals surface area contributed by atoms with Gasteiger partial charge in [-0.1, -0.05) is 23.9 Å².